The van der Waals surface area contributed by atoms with E-state index in [1.54, 1.807) is 30.3 Å². The summed E-state index contributed by atoms with van der Waals surface area (Å²) in [5.74, 6) is 0.928. The molecule has 1 amide bonds. The van der Waals surface area contributed by atoms with E-state index >= 15 is 0 Å². The van der Waals surface area contributed by atoms with Gasteiger partial charge in [-0.25, -0.2) is 0 Å². The average Bonchev–Trinajstić information content (AvgIpc) is 3.51. The van der Waals surface area contributed by atoms with Crippen molar-refractivity contribution in [2.24, 2.45) is 5.73 Å². The molecule has 1 fully saturated rings. The van der Waals surface area contributed by atoms with Gasteiger partial charge in [0.1, 0.15) is 34.6 Å². The molecule has 1 aliphatic rings. The van der Waals surface area contributed by atoms with Crippen LogP contribution in [0.4, 0.5) is 11.7 Å². The highest BCUT2D eigenvalue weighted by Gasteiger charge is 2.23. The molecule has 1 unspecified atom stereocenters. The first-order valence-electron chi connectivity index (χ1n) is 11.3. The molecule has 9 nitrogen and oxygen atoms in total. The van der Waals surface area contributed by atoms with Crippen LogP contribution in [0, 0.1) is 0 Å². The zero-order chi connectivity index (χ0) is 24.4. The Morgan fingerprint density at radius 1 is 1.23 bits per heavy atom. The summed E-state index contributed by atoms with van der Waals surface area (Å²) < 4.78 is 17.8. The Hall–Kier alpha value is -3.82. The molecule has 1 aliphatic heterocycles. The zero-order valence-corrected chi connectivity index (χ0v) is 19.7. The molecule has 1 saturated heterocycles. The number of fused-ring (bicyclic) bond motifs is 1. The summed E-state index contributed by atoms with van der Waals surface area (Å²) in [5, 5.41) is 7.15. The van der Waals surface area contributed by atoms with Gasteiger partial charge in [-0.3, -0.25) is 9.78 Å². The summed E-state index contributed by atoms with van der Waals surface area (Å²) >= 11 is 6.37. The van der Waals surface area contributed by atoms with E-state index in [1.165, 1.54) is 12.3 Å². The van der Waals surface area contributed by atoms with Crippen molar-refractivity contribution < 1.29 is 18.7 Å². The summed E-state index contributed by atoms with van der Waals surface area (Å²) in [4.78, 5) is 19.8. The lowest BCUT2D eigenvalue weighted by Crippen LogP contribution is -2.36. The van der Waals surface area contributed by atoms with Crippen LogP contribution in [-0.2, 0) is 0 Å². The lowest BCUT2D eigenvalue weighted by Gasteiger charge is -2.22. The third-order valence-electron chi connectivity index (χ3n) is 5.74. The molecule has 2 aromatic carbocycles. The number of primary amides is 1. The van der Waals surface area contributed by atoms with E-state index in [4.69, 9.17) is 31.2 Å². The Balaban J connectivity index is 1.31. The maximum Gasteiger partial charge on any atom is 0.300 e. The van der Waals surface area contributed by atoms with Gasteiger partial charge in [-0.2, -0.15) is 4.98 Å². The predicted octanol–water partition coefficient (Wildman–Crippen LogP) is 5.03. The number of aromatic nitrogens is 2. The Bertz CT molecular complexity index is 1370. The Morgan fingerprint density at radius 2 is 2.09 bits per heavy atom. The Labute approximate surface area is 206 Å². The van der Waals surface area contributed by atoms with Crippen molar-refractivity contribution in [3.05, 3.63) is 65.4 Å². The maximum absolute atomic E-state index is 11.3. The number of hydrogen-bond donors (Lipinski definition) is 3. The first-order chi connectivity index (χ1) is 16.9. The number of nitrogens with zero attached hydrogens (tertiary/aromatic N) is 2. The lowest BCUT2D eigenvalue weighted by molar-refractivity contribution is 0.0995. The highest BCUT2D eigenvalue weighted by atomic mass is 35.5. The number of hydrogen-bond acceptors (Lipinski definition) is 8. The largest absolute Gasteiger partial charge is 0.487 e. The van der Waals surface area contributed by atoms with Crippen LogP contribution in [0.15, 0.2) is 59.1 Å². The van der Waals surface area contributed by atoms with Gasteiger partial charge in [0.2, 0.25) is 0 Å². The fourth-order valence-electron chi connectivity index (χ4n) is 3.96. The molecule has 10 heteroatoms. The SMILES string of the molecule is CC(Oc1cc(Nc2nc3cc(Oc4ccnc(C(N)=O)c4)ccc3o2)ccc1Cl)[C@@H]1CCCN1. The number of nitrogens with one attached hydrogen (secondary N) is 2. The highest BCUT2D eigenvalue weighted by Crippen LogP contribution is 2.32. The van der Waals surface area contributed by atoms with Crippen LogP contribution in [0.2, 0.25) is 5.02 Å². The van der Waals surface area contributed by atoms with Crippen molar-refractivity contribution >= 4 is 40.3 Å². The molecule has 0 bridgehead atoms. The van der Waals surface area contributed by atoms with Crippen molar-refractivity contribution in [3.63, 3.8) is 0 Å². The van der Waals surface area contributed by atoms with Gasteiger partial charge in [-0.05, 0) is 56.6 Å². The number of oxazole rings is 1. The first-order valence-corrected chi connectivity index (χ1v) is 11.6. The van der Waals surface area contributed by atoms with Crippen molar-refractivity contribution in [3.8, 4) is 17.2 Å². The molecule has 2 atom stereocenters. The number of carbonyl (C=O) groups excluding carboxylic acids is 1. The number of pyridine rings is 1. The monoisotopic (exact) mass is 493 g/mol. The minimum absolute atomic E-state index is 0.00700. The van der Waals surface area contributed by atoms with Crippen molar-refractivity contribution in [1.82, 2.24) is 15.3 Å². The number of carbonyl (C=O) groups is 1. The molecule has 4 N–H and O–H groups in total. The summed E-state index contributed by atoms with van der Waals surface area (Å²) in [6, 6.07) is 14.4. The van der Waals surface area contributed by atoms with Crippen molar-refractivity contribution in [1.29, 1.82) is 0 Å². The van der Waals surface area contributed by atoms with Crippen LogP contribution in [0.1, 0.15) is 30.3 Å². The van der Waals surface area contributed by atoms with Gasteiger partial charge in [0.15, 0.2) is 5.58 Å². The number of nitrogens with two attached hydrogens (primary N) is 1. The molecule has 3 heterocycles. The standard InChI is InChI=1S/C25H24ClN5O4/c1-14(19-3-2-9-28-19)33-23-11-15(4-6-18(23)26)30-25-31-20-12-16(5-7-22(20)35-25)34-17-8-10-29-21(13-17)24(27)32/h4-8,10-14,19,28H,2-3,9H2,1H3,(H2,27,32)(H,30,31)/t14?,19-/m0/s1. The molecule has 35 heavy (non-hydrogen) atoms. The van der Waals surface area contributed by atoms with Crippen LogP contribution in [-0.4, -0.2) is 34.6 Å². The fourth-order valence-corrected chi connectivity index (χ4v) is 4.12. The number of amides is 1. The van der Waals surface area contributed by atoms with Crippen molar-refractivity contribution in [2.75, 3.05) is 11.9 Å². The zero-order valence-electron chi connectivity index (χ0n) is 19.0. The lowest BCUT2D eigenvalue weighted by atomic mass is 10.1. The number of anilines is 2. The minimum atomic E-state index is -0.626. The second kappa shape index (κ2) is 9.81. The molecular formula is C25H24ClN5O4. The van der Waals surface area contributed by atoms with E-state index in [0.717, 1.165) is 25.1 Å². The summed E-state index contributed by atoms with van der Waals surface area (Å²) in [6.45, 7) is 3.05. The predicted molar refractivity (Wildman–Crippen MR) is 133 cm³/mol. The van der Waals surface area contributed by atoms with Gasteiger partial charge in [0.05, 0.1) is 5.02 Å². The maximum atomic E-state index is 11.3. The van der Waals surface area contributed by atoms with E-state index < -0.39 is 5.91 Å². The molecule has 180 valence electrons. The number of benzene rings is 2. The second-order valence-electron chi connectivity index (χ2n) is 8.29. The third-order valence-corrected chi connectivity index (χ3v) is 6.05. The van der Waals surface area contributed by atoms with Gasteiger partial charge < -0.3 is 30.3 Å². The van der Waals surface area contributed by atoms with Crippen molar-refractivity contribution in [2.45, 2.75) is 31.9 Å². The number of halogens is 1. The molecule has 4 aromatic rings. The highest BCUT2D eigenvalue weighted by molar-refractivity contribution is 6.32. The summed E-state index contributed by atoms with van der Waals surface area (Å²) in [6.07, 6.45) is 3.68. The van der Waals surface area contributed by atoms with Crippen LogP contribution >= 0.6 is 11.6 Å². The second-order valence-corrected chi connectivity index (χ2v) is 8.69. The third kappa shape index (κ3) is 5.31. The number of ether oxygens (including phenoxy) is 2. The summed E-state index contributed by atoms with van der Waals surface area (Å²) in [7, 11) is 0. The van der Waals surface area contributed by atoms with Gasteiger partial charge in [-0.1, -0.05) is 11.6 Å². The summed E-state index contributed by atoms with van der Waals surface area (Å²) in [5.41, 5.74) is 7.31. The average molecular weight is 494 g/mol. The van der Waals surface area contributed by atoms with Gasteiger partial charge in [0, 0.05) is 36.1 Å². The molecule has 0 spiro atoms. The molecule has 0 aliphatic carbocycles. The van der Waals surface area contributed by atoms with Crippen LogP contribution in [0.25, 0.3) is 11.1 Å². The Morgan fingerprint density at radius 3 is 2.89 bits per heavy atom. The normalized spacial score (nSPS) is 16.2. The van der Waals surface area contributed by atoms with Crippen LogP contribution < -0.4 is 25.8 Å². The van der Waals surface area contributed by atoms with E-state index in [1.807, 2.05) is 19.1 Å². The molecule has 2 aromatic heterocycles. The van der Waals surface area contributed by atoms with Gasteiger partial charge >= 0.3 is 0 Å². The van der Waals surface area contributed by atoms with Gasteiger partial charge in [0.25, 0.3) is 11.9 Å². The molecular weight excluding hydrogens is 470 g/mol. The van der Waals surface area contributed by atoms with E-state index in [-0.39, 0.29) is 11.8 Å². The first kappa shape index (κ1) is 22.9. The molecule has 0 radical (unpaired) electrons. The molecule has 5 rings (SSSR count). The molecule has 0 saturated carbocycles. The fraction of sp³-hybridized carbons (Fsp3) is 0.240. The van der Waals surface area contributed by atoms with Gasteiger partial charge in [-0.15, -0.1) is 0 Å². The van der Waals surface area contributed by atoms with Crippen LogP contribution in [0.3, 0.4) is 0 Å². The van der Waals surface area contributed by atoms with E-state index in [9.17, 15) is 4.79 Å². The number of rotatable bonds is 8. The smallest absolute Gasteiger partial charge is 0.300 e. The minimum Gasteiger partial charge on any atom is -0.487 e. The van der Waals surface area contributed by atoms with E-state index in [0.29, 0.717) is 45.4 Å². The quantitative estimate of drug-likeness (QED) is 0.312. The topological polar surface area (TPSA) is 125 Å². The van der Waals surface area contributed by atoms with Crippen LogP contribution in [0.5, 0.6) is 17.2 Å². The van der Waals surface area contributed by atoms with E-state index in [2.05, 4.69) is 20.6 Å². The Kier molecular flexibility index (Phi) is 6.43.